The Hall–Kier alpha value is -3.59. The Bertz CT molecular complexity index is 1160. The number of hydrogen-bond donors (Lipinski definition) is 1. The van der Waals surface area contributed by atoms with Crippen LogP contribution in [0, 0.1) is 6.92 Å². The zero-order valence-electron chi connectivity index (χ0n) is 16.4. The van der Waals surface area contributed by atoms with E-state index in [0.717, 1.165) is 17.0 Å². The fourth-order valence-electron chi connectivity index (χ4n) is 2.85. The fourth-order valence-corrected chi connectivity index (χ4v) is 3.60. The predicted molar refractivity (Wildman–Crippen MR) is 114 cm³/mol. The van der Waals surface area contributed by atoms with E-state index in [4.69, 9.17) is 9.26 Å². The van der Waals surface area contributed by atoms with E-state index in [1.165, 1.54) is 11.8 Å². The third kappa shape index (κ3) is 4.36. The van der Waals surface area contributed by atoms with Crippen LogP contribution < -0.4 is 10.1 Å². The number of aromatic nitrogens is 4. The summed E-state index contributed by atoms with van der Waals surface area (Å²) in [7, 11) is 1.62. The van der Waals surface area contributed by atoms with Gasteiger partial charge in [-0.3, -0.25) is 14.7 Å². The average Bonchev–Trinajstić information content (AvgIpc) is 3.39. The van der Waals surface area contributed by atoms with Gasteiger partial charge in [0, 0.05) is 17.3 Å². The van der Waals surface area contributed by atoms with E-state index in [1.54, 1.807) is 20.1 Å². The molecule has 0 aliphatic carbocycles. The van der Waals surface area contributed by atoms with E-state index < -0.39 is 0 Å². The SMILES string of the molecule is COc1cccc(-c2nnc(SCC(=O)Nc3cc(C)no3)n2-c2ccccc2)c1. The molecule has 2 heterocycles. The number of carbonyl (C=O) groups is 1. The Labute approximate surface area is 177 Å². The summed E-state index contributed by atoms with van der Waals surface area (Å²) in [6.45, 7) is 1.79. The Morgan fingerprint density at radius 2 is 1.97 bits per heavy atom. The van der Waals surface area contributed by atoms with Crippen molar-refractivity contribution in [2.24, 2.45) is 0 Å². The minimum atomic E-state index is -0.221. The molecule has 1 N–H and O–H groups in total. The zero-order valence-corrected chi connectivity index (χ0v) is 17.2. The number of benzene rings is 2. The molecule has 4 rings (SSSR count). The van der Waals surface area contributed by atoms with Crippen LogP contribution in [-0.4, -0.2) is 38.7 Å². The zero-order chi connectivity index (χ0) is 20.9. The number of amides is 1. The number of para-hydroxylation sites is 1. The monoisotopic (exact) mass is 421 g/mol. The van der Waals surface area contributed by atoms with Crippen LogP contribution in [0.25, 0.3) is 17.1 Å². The molecule has 0 aliphatic heterocycles. The van der Waals surface area contributed by atoms with Gasteiger partial charge in [0.1, 0.15) is 5.75 Å². The second kappa shape index (κ2) is 8.83. The number of carbonyl (C=O) groups excluding carboxylic acids is 1. The predicted octanol–water partition coefficient (Wildman–Crippen LogP) is 3.97. The van der Waals surface area contributed by atoms with Gasteiger partial charge in [-0.1, -0.05) is 47.3 Å². The van der Waals surface area contributed by atoms with E-state index in [1.807, 2.05) is 59.2 Å². The molecule has 30 heavy (non-hydrogen) atoms. The first-order chi connectivity index (χ1) is 14.6. The number of rotatable bonds is 7. The highest BCUT2D eigenvalue weighted by atomic mass is 32.2. The molecule has 8 nitrogen and oxygen atoms in total. The molecule has 152 valence electrons. The number of hydrogen-bond acceptors (Lipinski definition) is 7. The van der Waals surface area contributed by atoms with Crippen LogP contribution in [0.5, 0.6) is 5.75 Å². The summed E-state index contributed by atoms with van der Waals surface area (Å²) in [6, 6.07) is 19.0. The largest absolute Gasteiger partial charge is 0.497 e. The summed E-state index contributed by atoms with van der Waals surface area (Å²) in [5, 5.41) is 15.7. The molecular weight excluding hydrogens is 402 g/mol. The molecule has 1 amide bonds. The highest BCUT2D eigenvalue weighted by Gasteiger charge is 2.18. The van der Waals surface area contributed by atoms with Crippen molar-refractivity contribution in [3.05, 3.63) is 66.4 Å². The number of methoxy groups -OCH3 is 1. The average molecular weight is 421 g/mol. The van der Waals surface area contributed by atoms with Crippen molar-refractivity contribution in [3.63, 3.8) is 0 Å². The van der Waals surface area contributed by atoms with Crippen molar-refractivity contribution in [2.45, 2.75) is 12.1 Å². The van der Waals surface area contributed by atoms with E-state index in [-0.39, 0.29) is 11.7 Å². The van der Waals surface area contributed by atoms with Gasteiger partial charge in [-0.05, 0) is 31.2 Å². The lowest BCUT2D eigenvalue weighted by Gasteiger charge is -2.11. The normalized spacial score (nSPS) is 10.7. The second-order valence-electron chi connectivity index (χ2n) is 6.38. The summed E-state index contributed by atoms with van der Waals surface area (Å²) in [5.41, 5.74) is 2.46. The standard InChI is InChI=1S/C21H19N5O3S/c1-14-11-19(29-25-14)22-18(27)13-30-21-24-23-20(15-7-6-10-17(12-15)28-2)26(21)16-8-4-3-5-9-16/h3-12H,13H2,1-2H3,(H,22,27). The maximum absolute atomic E-state index is 12.3. The Kier molecular flexibility index (Phi) is 5.80. The van der Waals surface area contributed by atoms with Crippen LogP contribution in [0.3, 0.4) is 0 Å². The molecule has 2 aromatic carbocycles. The van der Waals surface area contributed by atoms with Gasteiger partial charge >= 0.3 is 0 Å². The van der Waals surface area contributed by atoms with Crippen LogP contribution in [0.4, 0.5) is 5.88 Å². The van der Waals surface area contributed by atoms with E-state index in [9.17, 15) is 4.79 Å². The van der Waals surface area contributed by atoms with Crippen LogP contribution in [0.1, 0.15) is 5.69 Å². The van der Waals surface area contributed by atoms with Gasteiger partial charge < -0.3 is 9.26 Å². The molecule has 0 saturated carbocycles. The summed E-state index contributed by atoms with van der Waals surface area (Å²) in [6.07, 6.45) is 0. The van der Waals surface area contributed by atoms with Crippen LogP contribution in [0.2, 0.25) is 0 Å². The number of aryl methyl sites for hydroxylation is 1. The van der Waals surface area contributed by atoms with Crippen molar-refractivity contribution < 1.29 is 14.1 Å². The van der Waals surface area contributed by atoms with Gasteiger partial charge in [0.05, 0.1) is 18.6 Å². The molecule has 4 aromatic rings. The first-order valence-electron chi connectivity index (χ1n) is 9.15. The van der Waals surface area contributed by atoms with Crippen molar-refractivity contribution >= 4 is 23.6 Å². The lowest BCUT2D eigenvalue weighted by atomic mass is 10.2. The minimum absolute atomic E-state index is 0.142. The highest BCUT2D eigenvalue weighted by molar-refractivity contribution is 7.99. The van der Waals surface area contributed by atoms with Gasteiger partial charge in [0.25, 0.3) is 0 Å². The number of thioether (sulfide) groups is 1. The molecule has 0 aliphatic rings. The topological polar surface area (TPSA) is 95.1 Å². The summed E-state index contributed by atoms with van der Waals surface area (Å²) in [4.78, 5) is 12.3. The lowest BCUT2D eigenvalue weighted by molar-refractivity contribution is -0.113. The molecule has 0 fully saturated rings. The molecule has 2 aromatic heterocycles. The van der Waals surface area contributed by atoms with Crippen LogP contribution in [-0.2, 0) is 4.79 Å². The number of nitrogens with zero attached hydrogens (tertiary/aromatic N) is 4. The number of anilines is 1. The number of ether oxygens (including phenoxy) is 1. The smallest absolute Gasteiger partial charge is 0.237 e. The fraction of sp³-hybridized carbons (Fsp3) is 0.143. The van der Waals surface area contributed by atoms with Crippen LogP contribution >= 0.6 is 11.8 Å². The Balaban J connectivity index is 1.61. The van der Waals surface area contributed by atoms with Gasteiger partial charge in [0.2, 0.25) is 11.8 Å². The molecule has 9 heteroatoms. The third-order valence-electron chi connectivity index (χ3n) is 4.20. The van der Waals surface area contributed by atoms with Crippen LogP contribution in [0.15, 0.2) is 70.3 Å². The number of nitrogens with one attached hydrogen (secondary N) is 1. The lowest BCUT2D eigenvalue weighted by Crippen LogP contribution is -2.14. The first kappa shape index (κ1) is 19.7. The molecular formula is C21H19N5O3S. The van der Waals surface area contributed by atoms with Gasteiger partial charge in [-0.15, -0.1) is 10.2 Å². The maximum Gasteiger partial charge on any atom is 0.237 e. The molecule has 0 radical (unpaired) electrons. The Morgan fingerprint density at radius 1 is 1.13 bits per heavy atom. The van der Waals surface area contributed by atoms with Crippen molar-refractivity contribution in [2.75, 3.05) is 18.2 Å². The molecule has 0 atom stereocenters. The van der Waals surface area contributed by atoms with E-state index in [0.29, 0.717) is 22.6 Å². The van der Waals surface area contributed by atoms with Crippen molar-refractivity contribution in [1.29, 1.82) is 0 Å². The second-order valence-corrected chi connectivity index (χ2v) is 7.32. The van der Waals surface area contributed by atoms with Crippen molar-refractivity contribution in [3.8, 4) is 22.8 Å². The van der Waals surface area contributed by atoms with E-state index in [2.05, 4.69) is 20.7 Å². The summed E-state index contributed by atoms with van der Waals surface area (Å²) in [5.74, 6) is 1.63. The van der Waals surface area contributed by atoms with E-state index >= 15 is 0 Å². The quantitative estimate of drug-likeness (QED) is 0.451. The summed E-state index contributed by atoms with van der Waals surface area (Å²) < 4.78 is 12.3. The molecule has 0 bridgehead atoms. The highest BCUT2D eigenvalue weighted by Crippen LogP contribution is 2.29. The first-order valence-corrected chi connectivity index (χ1v) is 10.1. The molecule has 0 unspecified atom stereocenters. The maximum atomic E-state index is 12.3. The van der Waals surface area contributed by atoms with Gasteiger partial charge in [0.15, 0.2) is 11.0 Å². The molecule has 0 saturated heterocycles. The third-order valence-corrected chi connectivity index (χ3v) is 5.13. The van der Waals surface area contributed by atoms with Gasteiger partial charge in [-0.2, -0.15) is 0 Å². The Morgan fingerprint density at radius 3 is 2.70 bits per heavy atom. The molecule has 0 spiro atoms. The minimum Gasteiger partial charge on any atom is -0.497 e. The van der Waals surface area contributed by atoms with Gasteiger partial charge in [-0.25, -0.2) is 0 Å². The summed E-state index contributed by atoms with van der Waals surface area (Å²) >= 11 is 1.29. The van der Waals surface area contributed by atoms with Crippen molar-refractivity contribution in [1.82, 2.24) is 19.9 Å².